The summed E-state index contributed by atoms with van der Waals surface area (Å²) >= 11 is 9.13. The fourth-order valence-corrected chi connectivity index (χ4v) is 3.94. The first-order valence-electron chi connectivity index (χ1n) is 9.06. The summed E-state index contributed by atoms with van der Waals surface area (Å²) in [5, 5.41) is 0. The SMILES string of the molecule is CC(C)OCCCn1c(-c2ccc(Br)cc2)nc(=S)c2c1CCCC2. The first kappa shape index (κ1) is 18.7. The zero-order valence-corrected chi connectivity index (χ0v) is 17.3. The maximum absolute atomic E-state index is 5.73. The van der Waals surface area contributed by atoms with E-state index in [1.165, 1.54) is 24.1 Å². The molecule has 0 unspecified atom stereocenters. The molecule has 0 bridgehead atoms. The van der Waals surface area contributed by atoms with Crippen LogP contribution in [0.15, 0.2) is 28.7 Å². The van der Waals surface area contributed by atoms with Crippen molar-refractivity contribution in [3.63, 3.8) is 0 Å². The molecule has 0 saturated heterocycles. The monoisotopic (exact) mass is 420 g/mol. The summed E-state index contributed by atoms with van der Waals surface area (Å²) in [6.45, 7) is 5.85. The van der Waals surface area contributed by atoms with Crippen LogP contribution in [-0.2, 0) is 24.1 Å². The zero-order chi connectivity index (χ0) is 17.8. The fraction of sp³-hybridized carbons (Fsp3) is 0.500. The van der Waals surface area contributed by atoms with Gasteiger partial charge < -0.3 is 9.30 Å². The molecule has 1 heterocycles. The lowest BCUT2D eigenvalue weighted by Crippen LogP contribution is -2.19. The Morgan fingerprint density at radius 2 is 1.92 bits per heavy atom. The van der Waals surface area contributed by atoms with Gasteiger partial charge >= 0.3 is 0 Å². The van der Waals surface area contributed by atoms with E-state index in [1.54, 1.807) is 0 Å². The summed E-state index contributed by atoms with van der Waals surface area (Å²) in [5.41, 5.74) is 3.79. The predicted molar refractivity (Wildman–Crippen MR) is 109 cm³/mol. The molecule has 5 heteroatoms. The molecular formula is C20H25BrN2OS. The lowest BCUT2D eigenvalue weighted by molar-refractivity contribution is 0.0747. The van der Waals surface area contributed by atoms with Gasteiger partial charge in [-0.15, -0.1) is 0 Å². The first-order valence-corrected chi connectivity index (χ1v) is 10.3. The number of rotatable bonds is 6. The Hall–Kier alpha value is -1.04. The number of benzene rings is 1. The van der Waals surface area contributed by atoms with Crippen molar-refractivity contribution >= 4 is 28.1 Å². The van der Waals surface area contributed by atoms with E-state index in [0.717, 1.165) is 52.9 Å². The van der Waals surface area contributed by atoms with Gasteiger partial charge in [0.2, 0.25) is 0 Å². The maximum atomic E-state index is 5.73. The van der Waals surface area contributed by atoms with Crippen LogP contribution in [-0.4, -0.2) is 22.3 Å². The van der Waals surface area contributed by atoms with Crippen LogP contribution in [0.5, 0.6) is 0 Å². The second-order valence-electron chi connectivity index (χ2n) is 6.80. The highest BCUT2D eigenvalue weighted by Crippen LogP contribution is 2.28. The van der Waals surface area contributed by atoms with Crippen molar-refractivity contribution in [3.8, 4) is 11.4 Å². The van der Waals surface area contributed by atoms with Crippen molar-refractivity contribution < 1.29 is 4.74 Å². The molecule has 25 heavy (non-hydrogen) atoms. The van der Waals surface area contributed by atoms with Crippen LogP contribution in [0.3, 0.4) is 0 Å². The quantitative estimate of drug-likeness (QED) is 0.440. The standard InChI is InChI=1S/C20H25BrN2OS/c1-14(2)24-13-5-12-23-18-7-4-3-6-17(18)20(25)22-19(23)15-8-10-16(21)11-9-15/h8-11,14H,3-7,12-13H2,1-2H3. The summed E-state index contributed by atoms with van der Waals surface area (Å²) < 4.78 is 9.97. The molecule has 0 amide bonds. The van der Waals surface area contributed by atoms with E-state index in [-0.39, 0.29) is 6.10 Å². The number of nitrogens with zero attached hydrogens (tertiary/aromatic N) is 2. The highest BCUT2D eigenvalue weighted by molar-refractivity contribution is 9.10. The first-order chi connectivity index (χ1) is 12.1. The molecule has 3 rings (SSSR count). The van der Waals surface area contributed by atoms with E-state index in [2.05, 4.69) is 58.6 Å². The minimum absolute atomic E-state index is 0.276. The van der Waals surface area contributed by atoms with Gasteiger partial charge in [-0.1, -0.05) is 40.3 Å². The zero-order valence-electron chi connectivity index (χ0n) is 14.9. The van der Waals surface area contributed by atoms with Gasteiger partial charge in [0, 0.05) is 34.4 Å². The Morgan fingerprint density at radius 3 is 2.64 bits per heavy atom. The third-order valence-electron chi connectivity index (χ3n) is 4.57. The van der Waals surface area contributed by atoms with Crippen LogP contribution in [0.4, 0.5) is 0 Å². The number of hydrogen-bond acceptors (Lipinski definition) is 3. The van der Waals surface area contributed by atoms with Crippen molar-refractivity contribution in [2.24, 2.45) is 0 Å². The summed E-state index contributed by atoms with van der Waals surface area (Å²) in [4.78, 5) is 4.82. The smallest absolute Gasteiger partial charge is 0.141 e. The summed E-state index contributed by atoms with van der Waals surface area (Å²) in [6, 6.07) is 8.34. The fourth-order valence-electron chi connectivity index (χ4n) is 3.37. The molecule has 1 aromatic carbocycles. The Labute approximate surface area is 163 Å². The highest BCUT2D eigenvalue weighted by atomic mass is 79.9. The molecule has 2 aromatic rings. The highest BCUT2D eigenvalue weighted by Gasteiger charge is 2.19. The number of aromatic nitrogens is 2. The van der Waals surface area contributed by atoms with Crippen LogP contribution in [0, 0.1) is 4.64 Å². The van der Waals surface area contributed by atoms with Gasteiger partial charge in [-0.3, -0.25) is 0 Å². The molecule has 0 saturated carbocycles. The lowest BCUT2D eigenvalue weighted by atomic mass is 9.96. The molecule has 134 valence electrons. The topological polar surface area (TPSA) is 27.1 Å². The van der Waals surface area contributed by atoms with E-state index in [4.69, 9.17) is 21.9 Å². The van der Waals surface area contributed by atoms with Gasteiger partial charge in [0.25, 0.3) is 0 Å². The van der Waals surface area contributed by atoms with Gasteiger partial charge in [-0.25, -0.2) is 4.98 Å². The summed E-state index contributed by atoms with van der Waals surface area (Å²) in [7, 11) is 0. The third-order valence-corrected chi connectivity index (χ3v) is 5.43. The molecule has 3 nitrogen and oxygen atoms in total. The van der Waals surface area contributed by atoms with Crippen LogP contribution in [0.25, 0.3) is 11.4 Å². The van der Waals surface area contributed by atoms with E-state index < -0.39 is 0 Å². The largest absolute Gasteiger partial charge is 0.379 e. The Kier molecular flexibility index (Phi) is 6.42. The second kappa shape index (κ2) is 8.56. The minimum Gasteiger partial charge on any atom is -0.379 e. The minimum atomic E-state index is 0.276. The summed E-state index contributed by atoms with van der Waals surface area (Å²) in [5.74, 6) is 0.989. The number of halogens is 1. The van der Waals surface area contributed by atoms with E-state index in [9.17, 15) is 0 Å². The molecule has 0 atom stereocenters. The average Bonchev–Trinajstić information content (AvgIpc) is 2.60. The van der Waals surface area contributed by atoms with Crippen LogP contribution in [0.1, 0.15) is 44.4 Å². The molecule has 1 aromatic heterocycles. The Bertz CT molecular complexity index is 784. The van der Waals surface area contributed by atoms with Crippen LogP contribution < -0.4 is 0 Å². The Morgan fingerprint density at radius 1 is 1.20 bits per heavy atom. The molecular weight excluding hydrogens is 396 g/mol. The molecule has 0 radical (unpaired) electrons. The van der Waals surface area contributed by atoms with Crippen LogP contribution in [0.2, 0.25) is 0 Å². The molecule has 0 spiro atoms. The van der Waals surface area contributed by atoms with Crippen molar-refractivity contribution in [2.75, 3.05) is 6.61 Å². The molecule has 0 aliphatic heterocycles. The van der Waals surface area contributed by atoms with E-state index in [0.29, 0.717) is 0 Å². The lowest BCUT2D eigenvalue weighted by Gasteiger charge is -2.24. The predicted octanol–water partition coefficient (Wildman–Crippen LogP) is 5.74. The maximum Gasteiger partial charge on any atom is 0.141 e. The van der Waals surface area contributed by atoms with Gasteiger partial charge in [0.15, 0.2) is 0 Å². The summed E-state index contributed by atoms with van der Waals surface area (Å²) in [6.07, 6.45) is 5.86. The Balaban J connectivity index is 1.99. The number of fused-ring (bicyclic) bond motifs is 1. The number of hydrogen-bond donors (Lipinski definition) is 0. The van der Waals surface area contributed by atoms with Crippen LogP contribution >= 0.6 is 28.1 Å². The van der Waals surface area contributed by atoms with Crippen molar-refractivity contribution in [1.29, 1.82) is 0 Å². The van der Waals surface area contributed by atoms with Gasteiger partial charge in [-0.2, -0.15) is 0 Å². The van der Waals surface area contributed by atoms with Crippen molar-refractivity contribution in [1.82, 2.24) is 9.55 Å². The van der Waals surface area contributed by atoms with Gasteiger partial charge in [0.1, 0.15) is 10.5 Å². The average molecular weight is 421 g/mol. The van der Waals surface area contributed by atoms with E-state index in [1.807, 2.05) is 0 Å². The molecule has 1 aliphatic carbocycles. The van der Waals surface area contributed by atoms with Gasteiger partial charge in [0.05, 0.1) is 6.10 Å². The molecule has 1 aliphatic rings. The van der Waals surface area contributed by atoms with Gasteiger partial charge in [-0.05, 0) is 58.1 Å². The third kappa shape index (κ3) is 4.57. The van der Waals surface area contributed by atoms with E-state index >= 15 is 0 Å². The molecule has 0 fully saturated rings. The molecule has 0 N–H and O–H groups in total. The van der Waals surface area contributed by atoms with Crippen molar-refractivity contribution in [2.45, 2.75) is 58.6 Å². The van der Waals surface area contributed by atoms with Crippen molar-refractivity contribution in [3.05, 3.63) is 44.6 Å². The number of ether oxygens (including phenoxy) is 1. The second-order valence-corrected chi connectivity index (χ2v) is 8.11. The normalized spacial score (nSPS) is 13.9.